The van der Waals surface area contributed by atoms with Gasteiger partial charge in [-0.2, -0.15) is 0 Å². The third-order valence-electron chi connectivity index (χ3n) is 6.06. The van der Waals surface area contributed by atoms with Gasteiger partial charge in [-0.3, -0.25) is 29.0 Å². The number of nitrogens with two attached hydrogens (primary N) is 4. The van der Waals surface area contributed by atoms with E-state index in [9.17, 15) is 29.1 Å². The molecule has 1 rings (SSSR count). The van der Waals surface area contributed by atoms with E-state index in [0.717, 1.165) is 6.42 Å². The maximum Gasteiger partial charge on any atom is 0.243 e. The molecule has 0 aliphatic carbocycles. The van der Waals surface area contributed by atoms with Crippen LogP contribution in [0.1, 0.15) is 51.9 Å². The van der Waals surface area contributed by atoms with Gasteiger partial charge in [-0.25, -0.2) is 0 Å². The van der Waals surface area contributed by atoms with Crippen molar-refractivity contribution in [3.8, 4) is 0 Å². The maximum absolute atomic E-state index is 13.2. The number of nitrogens with one attached hydrogen (secondary N) is 5. The topological polar surface area (TPSA) is 282 Å². The predicted molar refractivity (Wildman–Crippen MR) is 144 cm³/mol. The fraction of sp³-hybridized carbons (Fsp3) is 0.739. The number of aliphatic hydroxyl groups excluding tert-OH is 1. The number of carbonyl (C=O) groups is 5. The Kier molecular flexibility index (Phi) is 15.4. The summed E-state index contributed by atoms with van der Waals surface area (Å²) in [5, 5.41) is 22.7. The van der Waals surface area contributed by atoms with E-state index in [4.69, 9.17) is 22.9 Å². The predicted octanol–water partition coefficient (Wildman–Crippen LogP) is -4.64. The number of aliphatic hydroxyl groups is 1. The first kappa shape index (κ1) is 33.5. The highest BCUT2D eigenvalue weighted by Crippen LogP contribution is 2.08. The summed E-state index contributed by atoms with van der Waals surface area (Å²) in [4.78, 5) is 66.3. The molecule has 1 saturated heterocycles. The molecule has 0 bridgehead atoms. The Labute approximate surface area is 227 Å². The molecule has 0 unspecified atom stereocenters. The van der Waals surface area contributed by atoms with Crippen LogP contribution in [0.3, 0.4) is 0 Å². The van der Waals surface area contributed by atoms with Crippen molar-refractivity contribution < 1.29 is 29.1 Å². The number of guanidine groups is 1. The van der Waals surface area contributed by atoms with Crippen molar-refractivity contribution in [3.63, 3.8) is 0 Å². The van der Waals surface area contributed by atoms with Gasteiger partial charge >= 0.3 is 0 Å². The van der Waals surface area contributed by atoms with E-state index in [-0.39, 0.29) is 31.3 Å². The van der Waals surface area contributed by atoms with Gasteiger partial charge in [-0.1, -0.05) is 0 Å². The van der Waals surface area contributed by atoms with E-state index >= 15 is 0 Å². The quantitative estimate of drug-likeness (QED) is 0.0437. The molecule has 39 heavy (non-hydrogen) atoms. The fourth-order valence-corrected chi connectivity index (χ4v) is 3.93. The minimum absolute atomic E-state index is 0.0912. The average Bonchev–Trinajstić information content (AvgIpc) is 3.41. The van der Waals surface area contributed by atoms with Gasteiger partial charge in [0.2, 0.25) is 29.5 Å². The Morgan fingerprint density at radius 1 is 0.974 bits per heavy atom. The minimum Gasteiger partial charge on any atom is -0.391 e. The molecular formula is C23H44N10O6. The number of nitrogens with zero attached hydrogens (tertiary/aromatic N) is 1. The first-order chi connectivity index (χ1) is 18.5. The second-order valence-electron chi connectivity index (χ2n) is 9.41. The summed E-state index contributed by atoms with van der Waals surface area (Å²) in [6.07, 6.45) is 2.20. The Hall–Kier alpha value is -3.50. The van der Waals surface area contributed by atoms with Crippen LogP contribution >= 0.6 is 0 Å². The van der Waals surface area contributed by atoms with Gasteiger partial charge in [0, 0.05) is 6.54 Å². The Morgan fingerprint density at radius 2 is 1.64 bits per heavy atom. The zero-order chi connectivity index (χ0) is 29.4. The average molecular weight is 557 g/mol. The molecule has 16 nitrogen and oxygen atoms in total. The van der Waals surface area contributed by atoms with E-state index in [2.05, 4.69) is 31.6 Å². The lowest BCUT2D eigenvalue weighted by molar-refractivity contribution is -0.133. The third kappa shape index (κ3) is 13.2. The summed E-state index contributed by atoms with van der Waals surface area (Å²) in [6, 6.07) is -3.72. The molecule has 1 fully saturated rings. The molecule has 1 aliphatic heterocycles. The summed E-state index contributed by atoms with van der Waals surface area (Å²) in [7, 11) is 0. The maximum atomic E-state index is 13.2. The number of primary amides is 1. The summed E-state index contributed by atoms with van der Waals surface area (Å²) < 4.78 is 0. The van der Waals surface area contributed by atoms with Crippen molar-refractivity contribution >= 4 is 35.5 Å². The lowest BCUT2D eigenvalue weighted by atomic mass is 10.1. The molecule has 5 amide bonds. The highest BCUT2D eigenvalue weighted by Gasteiger charge is 2.30. The molecule has 222 valence electrons. The van der Waals surface area contributed by atoms with Gasteiger partial charge in [-0.15, -0.1) is 0 Å². The minimum atomic E-state index is -1.33. The molecule has 0 aromatic rings. The summed E-state index contributed by atoms with van der Waals surface area (Å²) in [6.45, 7) is 2.10. The standard InChI is InChI=1S/C23H44N10O6/c1-13(34)18(19(25)36)33-17(35)12-30-20(37)15(6-2-3-9-24)31-22(39)16(8-5-11-29-23(26)27)32-21(38)14-7-4-10-28-14/h13-16,18,28,34H,2-12,24H2,1H3,(H2,25,36)(H,30,37)(H,31,39)(H,32,38)(H,33,35)(H4,26,27,29)/t13-,14+,15+,16+,18+/m1/s1. The lowest BCUT2D eigenvalue weighted by Crippen LogP contribution is -2.57. The van der Waals surface area contributed by atoms with E-state index in [1.165, 1.54) is 6.92 Å². The number of aliphatic imine (C=N–C) groups is 1. The van der Waals surface area contributed by atoms with Gasteiger partial charge in [-0.05, 0) is 65.0 Å². The van der Waals surface area contributed by atoms with Crippen LogP contribution in [0.4, 0.5) is 0 Å². The monoisotopic (exact) mass is 556 g/mol. The van der Waals surface area contributed by atoms with Crippen molar-refractivity contribution in [2.45, 2.75) is 82.1 Å². The molecule has 0 saturated carbocycles. The van der Waals surface area contributed by atoms with Gasteiger partial charge in [0.1, 0.15) is 18.1 Å². The molecular weight excluding hydrogens is 512 g/mol. The molecule has 1 heterocycles. The summed E-state index contributed by atoms with van der Waals surface area (Å²) in [5.74, 6) is -3.33. The third-order valence-corrected chi connectivity index (χ3v) is 6.06. The number of hydrogen-bond donors (Lipinski definition) is 10. The zero-order valence-electron chi connectivity index (χ0n) is 22.4. The van der Waals surface area contributed by atoms with E-state index in [1.54, 1.807) is 0 Å². The van der Waals surface area contributed by atoms with Crippen LogP contribution < -0.4 is 49.5 Å². The van der Waals surface area contributed by atoms with Crippen LogP contribution in [0.25, 0.3) is 0 Å². The van der Waals surface area contributed by atoms with Crippen LogP contribution in [-0.2, 0) is 24.0 Å². The zero-order valence-corrected chi connectivity index (χ0v) is 22.4. The van der Waals surface area contributed by atoms with Crippen LogP contribution in [0.2, 0.25) is 0 Å². The van der Waals surface area contributed by atoms with Crippen molar-refractivity contribution in [3.05, 3.63) is 0 Å². The number of hydrogen-bond acceptors (Lipinski definition) is 9. The second-order valence-corrected chi connectivity index (χ2v) is 9.41. The fourth-order valence-electron chi connectivity index (χ4n) is 3.93. The molecule has 14 N–H and O–H groups in total. The highest BCUT2D eigenvalue weighted by atomic mass is 16.3. The normalized spacial score (nSPS) is 17.7. The molecule has 0 aromatic carbocycles. The van der Waals surface area contributed by atoms with Gasteiger partial charge < -0.3 is 54.6 Å². The Morgan fingerprint density at radius 3 is 2.21 bits per heavy atom. The Bertz CT molecular complexity index is 858. The van der Waals surface area contributed by atoms with Crippen LogP contribution in [0.15, 0.2) is 4.99 Å². The first-order valence-corrected chi connectivity index (χ1v) is 13.1. The van der Waals surface area contributed by atoms with Crippen LogP contribution in [-0.4, -0.2) is 97.1 Å². The number of rotatable bonds is 18. The van der Waals surface area contributed by atoms with Crippen molar-refractivity contribution in [2.75, 3.05) is 26.2 Å². The van der Waals surface area contributed by atoms with E-state index in [0.29, 0.717) is 38.8 Å². The first-order valence-electron chi connectivity index (χ1n) is 13.1. The molecule has 0 aromatic heterocycles. The van der Waals surface area contributed by atoms with Gasteiger partial charge in [0.25, 0.3) is 0 Å². The summed E-state index contributed by atoms with van der Waals surface area (Å²) in [5.41, 5.74) is 21.4. The number of unbranched alkanes of at least 4 members (excludes halogenated alkanes) is 1. The van der Waals surface area contributed by atoms with E-state index < -0.39 is 60.4 Å². The van der Waals surface area contributed by atoms with Crippen LogP contribution in [0.5, 0.6) is 0 Å². The molecule has 16 heteroatoms. The van der Waals surface area contributed by atoms with Gasteiger partial charge in [0.05, 0.1) is 18.7 Å². The lowest BCUT2D eigenvalue weighted by Gasteiger charge is -2.24. The second kappa shape index (κ2) is 17.9. The number of carbonyl (C=O) groups excluding carboxylic acids is 5. The molecule has 0 radical (unpaired) electrons. The van der Waals surface area contributed by atoms with Crippen molar-refractivity contribution in [1.29, 1.82) is 0 Å². The smallest absolute Gasteiger partial charge is 0.243 e. The Balaban J connectivity index is 2.87. The molecule has 1 aliphatic rings. The highest BCUT2D eigenvalue weighted by molar-refractivity contribution is 5.94. The van der Waals surface area contributed by atoms with E-state index in [1.807, 2.05) is 0 Å². The summed E-state index contributed by atoms with van der Waals surface area (Å²) >= 11 is 0. The largest absolute Gasteiger partial charge is 0.391 e. The van der Waals surface area contributed by atoms with Gasteiger partial charge in [0.15, 0.2) is 5.96 Å². The SMILES string of the molecule is C[C@@H](O)[C@H](NC(=O)CNC(=O)[C@H](CCCCN)NC(=O)[C@H](CCCN=C(N)N)NC(=O)[C@@H]1CCCN1)C(N)=O. The molecule has 0 spiro atoms. The van der Waals surface area contributed by atoms with Crippen molar-refractivity contribution in [2.24, 2.45) is 27.9 Å². The van der Waals surface area contributed by atoms with Crippen molar-refractivity contribution in [1.82, 2.24) is 26.6 Å². The van der Waals surface area contributed by atoms with Crippen LogP contribution in [0, 0.1) is 0 Å². The number of amides is 5. The molecule has 5 atom stereocenters.